The second-order valence-electron chi connectivity index (χ2n) is 7.75. The lowest BCUT2D eigenvalue weighted by Crippen LogP contribution is -2.43. The standard InChI is InChI=1S/C26H21N3O6/c1-35-26(34)23(11-15-4-7-18(30)8-5-15)29-24(31)22-13-20(25(32)33)19-12-16(6-9-21(19)28-22)17-3-2-10-27-14-17/h2-10,12-14,23,30H,11H2,1H3,(H,29,31)(H,32,33)/t23-/m0/s1. The molecular formula is C26H21N3O6. The summed E-state index contributed by atoms with van der Waals surface area (Å²) in [6, 6.07) is 15.0. The van der Waals surface area contributed by atoms with Gasteiger partial charge in [-0.05, 0) is 47.5 Å². The van der Waals surface area contributed by atoms with Crippen LogP contribution >= 0.6 is 0 Å². The first-order valence-electron chi connectivity index (χ1n) is 10.6. The van der Waals surface area contributed by atoms with E-state index in [-0.39, 0.29) is 23.4 Å². The molecule has 1 atom stereocenters. The van der Waals surface area contributed by atoms with Crippen LogP contribution in [0.4, 0.5) is 0 Å². The van der Waals surface area contributed by atoms with Gasteiger partial charge in [-0.2, -0.15) is 0 Å². The van der Waals surface area contributed by atoms with Gasteiger partial charge in [0.05, 0.1) is 18.2 Å². The topological polar surface area (TPSA) is 139 Å². The smallest absolute Gasteiger partial charge is 0.336 e. The number of hydrogen-bond donors (Lipinski definition) is 3. The van der Waals surface area contributed by atoms with Crippen molar-refractivity contribution in [2.45, 2.75) is 12.5 Å². The number of phenols is 1. The predicted molar refractivity (Wildman–Crippen MR) is 127 cm³/mol. The van der Waals surface area contributed by atoms with Crippen LogP contribution in [0.5, 0.6) is 5.75 Å². The van der Waals surface area contributed by atoms with Crippen LogP contribution in [-0.2, 0) is 16.0 Å². The van der Waals surface area contributed by atoms with Gasteiger partial charge in [-0.1, -0.05) is 24.3 Å². The summed E-state index contributed by atoms with van der Waals surface area (Å²) < 4.78 is 4.81. The molecule has 0 aliphatic heterocycles. The fraction of sp³-hybridized carbons (Fsp3) is 0.115. The maximum absolute atomic E-state index is 13.0. The molecule has 1 amide bonds. The van der Waals surface area contributed by atoms with Gasteiger partial charge in [0, 0.05) is 29.8 Å². The van der Waals surface area contributed by atoms with Crippen LogP contribution in [0, 0.1) is 0 Å². The second-order valence-corrected chi connectivity index (χ2v) is 7.75. The number of aromatic hydroxyl groups is 1. The molecule has 0 radical (unpaired) electrons. The van der Waals surface area contributed by atoms with Crippen molar-refractivity contribution in [2.75, 3.05) is 7.11 Å². The molecule has 35 heavy (non-hydrogen) atoms. The average molecular weight is 471 g/mol. The van der Waals surface area contributed by atoms with Gasteiger partial charge >= 0.3 is 11.9 Å². The lowest BCUT2D eigenvalue weighted by atomic mass is 10.0. The van der Waals surface area contributed by atoms with Gasteiger partial charge in [0.1, 0.15) is 17.5 Å². The fourth-order valence-corrected chi connectivity index (χ4v) is 3.67. The number of nitrogens with one attached hydrogen (secondary N) is 1. The Morgan fingerprint density at radius 2 is 1.80 bits per heavy atom. The van der Waals surface area contributed by atoms with Gasteiger partial charge in [-0.25, -0.2) is 14.6 Å². The number of phenolic OH excluding ortho intramolecular Hbond substituents is 1. The Morgan fingerprint density at radius 3 is 2.46 bits per heavy atom. The number of esters is 1. The highest BCUT2D eigenvalue weighted by Crippen LogP contribution is 2.26. The number of carbonyl (C=O) groups is 3. The van der Waals surface area contributed by atoms with E-state index in [9.17, 15) is 24.6 Å². The minimum Gasteiger partial charge on any atom is -0.508 e. The lowest BCUT2D eigenvalue weighted by Gasteiger charge is -2.17. The zero-order valence-electron chi connectivity index (χ0n) is 18.6. The van der Waals surface area contributed by atoms with E-state index in [1.54, 1.807) is 48.8 Å². The highest BCUT2D eigenvalue weighted by atomic mass is 16.5. The van der Waals surface area contributed by atoms with Crippen molar-refractivity contribution in [3.63, 3.8) is 0 Å². The molecule has 0 saturated carbocycles. The van der Waals surface area contributed by atoms with Crippen LogP contribution in [0.25, 0.3) is 22.0 Å². The number of hydrogen-bond acceptors (Lipinski definition) is 7. The maximum atomic E-state index is 13.0. The van der Waals surface area contributed by atoms with Crippen molar-refractivity contribution in [1.29, 1.82) is 0 Å². The molecule has 0 aliphatic carbocycles. The Kier molecular flexibility index (Phi) is 6.68. The predicted octanol–water partition coefficient (Wildman–Crippen LogP) is 3.21. The number of fused-ring (bicyclic) bond motifs is 1. The molecule has 2 heterocycles. The first kappa shape index (κ1) is 23.4. The monoisotopic (exact) mass is 471 g/mol. The number of carbonyl (C=O) groups excluding carboxylic acids is 2. The third-order valence-corrected chi connectivity index (χ3v) is 5.43. The molecule has 4 aromatic rings. The zero-order valence-corrected chi connectivity index (χ0v) is 18.6. The molecule has 0 fully saturated rings. The summed E-state index contributed by atoms with van der Waals surface area (Å²) in [5.74, 6) is -2.55. The molecule has 2 aromatic carbocycles. The first-order chi connectivity index (χ1) is 16.9. The fourth-order valence-electron chi connectivity index (χ4n) is 3.67. The molecule has 0 saturated heterocycles. The van der Waals surface area contributed by atoms with Crippen molar-refractivity contribution in [2.24, 2.45) is 0 Å². The first-order valence-corrected chi connectivity index (χ1v) is 10.6. The summed E-state index contributed by atoms with van der Waals surface area (Å²) in [5.41, 5.74) is 2.31. The van der Waals surface area contributed by atoms with E-state index in [1.807, 2.05) is 6.07 Å². The number of benzene rings is 2. The normalized spacial score (nSPS) is 11.6. The van der Waals surface area contributed by atoms with Crippen LogP contribution in [0.3, 0.4) is 0 Å². The van der Waals surface area contributed by atoms with E-state index in [0.717, 1.165) is 11.1 Å². The summed E-state index contributed by atoms with van der Waals surface area (Å²) in [6.45, 7) is 0. The molecule has 0 unspecified atom stereocenters. The summed E-state index contributed by atoms with van der Waals surface area (Å²) >= 11 is 0. The molecule has 3 N–H and O–H groups in total. The number of carboxylic acids is 1. The Bertz CT molecular complexity index is 1400. The highest BCUT2D eigenvalue weighted by Gasteiger charge is 2.25. The van der Waals surface area contributed by atoms with Crippen LogP contribution in [0.15, 0.2) is 73.1 Å². The molecular weight excluding hydrogens is 450 g/mol. The Hall–Kier alpha value is -4.79. The van der Waals surface area contributed by atoms with Crippen LogP contribution in [0.2, 0.25) is 0 Å². The highest BCUT2D eigenvalue weighted by molar-refractivity contribution is 6.07. The number of methoxy groups -OCH3 is 1. The number of aromatic nitrogens is 2. The SMILES string of the molecule is COC(=O)[C@H](Cc1ccc(O)cc1)NC(=O)c1cc(C(=O)O)c2cc(-c3cccnc3)ccc2n1. The number of ether oxygens (including phenoxy) is 1. The Balaban J connectivity index is 1.67. The van der Waals surface area contributed by atoms with Gasteiger partial charge < -0.3 is 20.3 Å². The van der Waals surface area contributed by atoms with Crippen LogP contribution < -0.4 is 5.32 Å². The molecule has 0 spiro atoms. The number of carboxylic acid groups (broad SMARTS) is 1. The molecule has 4 rings (SSSR count). The van der Waals surface area contributed by atoms with Gasteiger partial charge in [0.2, 0.25) is 0 Å². The minimum atomic E-state index is -1.22. The third kappa shape index (κ3) is 5.25. The van der Waals surface area contributed by atoms with Crippen LogP contribution in [0.1, 0.15) is 26.4 Å². The molecule has 176 valence electrons. The number of aromatic carboxylic acids is 1. The molecule has 9 heteroatoms. The molecule has 2 aromatic heterocycles. The number of amides is 1. The summed E-state index contributed by atoms with van der Waals surface area (Å²) in [4.78, 5) is 45.7. The van der Waals surface area contributed by atoms with Crippen LogP contribution in [-0.4, -0.2) is 51.2 Å². The average Bonchev–Trinajstić information content (AvgIpc) is 2.88. The second kappa shape index (κ2) is 10.0. The van der Waals surface area contributed by atoms with Crippen molar-refractivity contribution >= 4 is 28.7 Å². The van der Waals surface area contributed by atoms with Crippen molar-refractivity contribution in [1.82, 2.24) is 15.3 Å². The van der Waals surface area contributed by atoms with E-state index < -0.39 is 23.9 Å². The number of pyridine rings is 2. The largest absolute Gasteiger partial charge is 0.508 e. The maximum Gasteiger partial charge on any atom is 0.336 e. The minimum absolute atomic E-state index is 0.0700. The Morgan fingerprint density at radius 1 is 1.03 bits per heavy atom. The van der Waals surface area contributed by atoms with E-state index >= 15 is 0 Å². The van der Waals surface area contributed by atoms with E-state index in [1.165, 1.54) is 25.3 Å². The summed E-state index contributed by atoms with van der Waals surface area (Å²) in [7, 11) is 1.20. The summed E-state index contributed by atoms with van der Waals surface area (Å²) in [6.07, 6.45) is 3.41. The Labute approximate surface area is 200 Å². The van der Waals surface area contributed by atoms with Crippen molar-refractivity contribution < 1.29 is 29.3 Å². The quantitative estimate of drug-likeness (QED) is 0.349. The van der Waals surface area contributed by atoms with Gasteiger partial charge in [0.25, 0.3) is 5.91 Å². The number of rotatable bonds is 7. The van der Waals surface area contributed by atoms with E-state index in [2.05, 4.69) is 15.3 Å². The van der Waals surface area contributed by atoms with Gasteiger partial charge in [-0.15, -0.1) is 0 Å². The summed E-state index contributed by atoms with van der Waals surface area (Å²) in [5, 5.41) is 22.2. The molecule has 0 bridgehead atoms. The van der Waals surface area contributed by atoms with E-state index in [4.69, 9.17) is 4.74 Å². The third-order valence-electron chi connectivity index (χ3n) is 5.43. The lowest BCUT2D eigenvalue weighted by molar-refractivity contribution is -0.142. The van der Waals surface area contributed by atoms with Gasteiger partial charge in [0.15, 0.2) is 0 Å². The molecule has 0 aliphatic rings. The van der Waals surface area contributed by atoms with Crippen molar-refractivity contribution in [3.05, 3.63) is 89.9 Å². The van der Waals surface area contributed by atoms with Gasteiger partial charge in [-0.3, -0.25) is 9.78 Å². The van der Waals surface area contributed by atoms with Crippen molar-refractivity contribution in [3.8, 4) is 16.9 Å². The zero-order chi connectivity index (χ0) is 24.9. The number of nitrogens with zero attached hydrogens (tertiary/aromatic N) is 2. The van der Waals surface area contributed by atoms with E-state index in [0.29, 0.717) is 16.5 Å². The molecule has 9 nitrogen and oxygen atoms in total.